The van der Waals surface area contributed by atoms with Crippen LogP contribution in [0.5, 0.6) is 5.75 Å². The number of benzene rings is 1. The summed E-state index contributed by atoms with van der Waals surface area (Å²) >= 11 is 3.30. The van der Waals surface area contributed by atoms with E-state index in [1.165, 1.54) is 6.07 Å². The Morgan fingerprint density at radius 3 is 2.93 bits per heavy atom. The van der Waals surface area contributed by atoms with Crippen molar-refractivity contribution in [3.05, 3.63) is 58.0 Å². The van der Waals surface area contributed by atoms with Crippen LogP contribution in [0.25, 0.3) is 5.65 Å². The lowest BCUT2D eigenvalue weighted by Crippen LogP contribution is -2.25. The Hall–Kier alpha value is -2.55. The van der Waals surface area contributed by atoms with Gasteiger partial charge in [0.1, 0.15) is 5.75 Å². The molecule has 0 aliphatic rings. The zero-order valence-electron chi connectivity index (χ0n) is 15.9. The topological polar surface area (TPSA) is 68.5 Å². The molecule has 0 aliphatic carbocycles. The Labute approximate surface area is 175 Å². The van der Waals surface area contributed by atoms with Gasteiger partial charge in [0.05, 0.1) is 5.69 Å². The van der Waals surface area contributed by atoms with E-state index in [-0.39, 0.29) is 18.1 Å². The maximum Gasteiger partial charge on any atom is 0.387 e. The minimum atomic E-state index is -2.90. The van der Waals surface area contributed by atoms with Gasteiger partial charge < -0.3 is 10.1 Å². The largest absolute Gasteiger partial charge is 0.435 e. The number of nitrogens with one attached hydrogen (secondary N) is 1. The summed E-state index contributed by atoms with van der Waals surface area (Å²) < 4.78 is 32.0. The molecule has 0 fully saturated rings. The lowest BCUT2D eigenvalue weighted by atomic mass is 10.1. The Morgan fingerprint density at radius 2 is 2.14 bits per heavy atom. The molecule has 0 unspecified atom stereocenters. The average molecular weight is 467 g/mol. The van der Waals surface area contributed by atoms with Crippen LogP contribution in [-0.4, -0.2) is 33.7 Å². The van der Waals surface area contributed by atoms with E-state index >= 15 is 0 Å². The van der Waals surface area contributed by atoms with Gasteiger partial charge in [0.15, 0.2) is 5.65 Å². The molecule has 2 heterocycles. The van der Waals surface area contributed by atoms with Gasteiger partial charge in [-0.2, -0.15) is 13.9 Å². The number of alkyl halides is 2. The number of fused-ring (bicyclic) bond motifs is 1. The van der Waals surface area contributed by atoms with E-state index < -0.39 is 6.61 Å². The van der Waals surface area contributed by atoms with E-state index in [1.807, 2.05) is 25.4 Å². The summed E-state index contributed by atoms with van der Waals surface area (Å²) in [5.41, 5.74) is 3.32. The predicted molar refractivity (Wildman–Crippen MR) is 108 cm³/mol. The maximum absolute atomic E-state index is 12.5. The lowest BCUT2D eigenvalue weighted by molar-refractivity contribution is -0.121. The van der Waals surface area contributed by atoms with Crippen LogP contribution in [0.15, 0.2) is 41.1 Å². The molecule has 3 aromatic rings. The van der Waals surface area contributed by atoms with Crippen molar-refractivity contribution in [3.8, 4) is 5.75 Å². The van der Waals surface area contributed by atoms with Gasteiger partial charge in [-0.25, -0.2) is 9.50 Å². The molecule has 3 rings (SSSR count). The van der Waals surface area contributed by atoms with Gasteiger partial charge in [-0.1, -0.05) is 15.9 Å². The molecule has 0 radical (unpaired) electrons. The molecule has 2 aromatic heterocycles. The molecule has 1 aromatic carbocycles. The number of aryl methyl sites for hydroxylation is 3. The Morgan fingerprint density at radius 1 is 1.31 bits per heavy atom. The second-order valence-corrected chi connectivity index (χ2v) is 7.55. The maximum atomic E-state index is 12.5. The van der Waals surface area contributed by atoms with Gasteiger partial charge in [-0.05, 0) is 55.5 Å². The van der Waals surface area contributed by atoms with E-state index in [1.54, 1.807) is 16.6 Å². The molecule has 29 heavy (non-hydrogen) atoms. The first-order chi connectivity index (χ1) is 13.9. The highest BCUT2D eigenvalue weighted by molar-refractivity contribution is 9.10. The molecular weight excluding hydrogens is 446 g/mol. The van der Waals surface area contributed by atoms with Crippen molar-refractivity contribution in [2.75, 3.05) is 6.54 Å². The van der Waals surface area contributed by atoms with Crippen LogP contribution < -0.4 is 10.1 Å². The van der Waals surface area contributed by atoms with Gasteiger partial charge in [0.25, 0.3) is 0 Å². The molecule has 0 atom stereocenters. The summed E-state index contributed by atoms with van der Waals surface area (Å²) in [6.07, 6.45) is 5.78. The predicted octanol–water partition coefficient (Wildman–Crippen LogP) is 4.08. The number of nitrogens with zero attached hydrogens (tertiary/aromatic N) is 3. The zero-order chi connectivity index (χ0) is 20.8. The van der Waals surface area contributed by atoms with Gasteiger partial charge in [-0.15, -0.1) is 0 Å². The normalized spacial score (nSPS) is 11.2. The number of halogens is 3. The fourth-order valence-electron chi connectivity index (χ4n) is 2.97. The Balaban J connectivity index is 1.43. The molecule has 1 amide bonds. The highest BCUT2D eigenvalue weighted by atomic mass is 79.9. The lowest BCUT2D eigenvalue weighted by Gasteiger charge is -2.11. The number of hydrogen-bond donors (Lipinski definition) is 1. The quantitative estimate of drug-likeness (QED) is 0.482. The smallest absolute Gasteiger partial charge is 0.387 e. The van der Waals surface area contributed by atoms with Crippen molar-refractivity contribution in [1.82, 2.24) is 19.9 Å². The monoisotopic (exact) mass is 466 g/mol. The van der Waals surface area contributed by atoms with Crippen molar-refractivity contribution in [3.63, 3.8) is 0 Å². The molecule has 1 N–H and O–H groups in total. The zero-order valence-corrected chi connectivity index (χ0v) is 17.5. The van der Waals surface area contributed by atoms with E-state index in [0.717, 1.165) is 34.2 Å². The van der Waals surface area contributed by atoms with E-state index in [4.69, 9.17) is 0 Å². The van der Waals surface area contributed by atoms with Gasteiger partial charge in [-0.3, -0.25) is 4.79 Å². The number of amides is 1. The molecule has 9 heteroatoms. The van der Waals surface area contributed by atoms with Crippen molar-refractivity contribution in [2.24, 2.45) is 0 Å². The highest BCUT2D eigenvalue weighted by Crippen LogP contribution is 2.26. The number of carbonyl (C=O) groups is 1. The van der Waals surface area contributed by atoms with Crippen molar-refractivity contribution in [2.45, 2.75) is 39.2 Å². The van der Waals surface area contributed by atoms with Gasteiger partial charge in [0, 0.05) is 35.9 Å². The van der Waals surface area contributed by atoms with Gasteiger partial charge >= 0.3 is 6.61 Å². The summed E-state index contributed by atoms with van der Waals surface area (Å²) in [6, 6.07) is 6.69. The number of rotatable bonds is 9. The Bertz CT molecular complexity index is 994. The third-order valence-electron chi connectivity index (χ3n) is 4.31. The molecule has 0 saturated heterocycles. The second-order valence-electron chi connectivity index (χ2n) is 6.63. The first-order valence-electron chi connectivity index (χ1n) is 9.21. The molecule has 154 valence electrons. The van der Waals surface area contributed by atoms with Crippen LogP contribution >= 0.6 is 15.9 Å². The van der Waals surface area contributed by atoms with E-state index in [2.05, 4.69) is 36.1 Å². The first-order valence-corrected chi connectivity index (χ1v) is 10.0. The fourth-order valence-corrected chi connectivity index (χ4v) is 3.38. The van der Waals surface area contributed by atoms with Gasteiger partial charge in [0.2, 0.25) is 5.91 Å². The molecule has 6 nitrogen and oxygen atoms in total. The molecule has 0 aliphatic heterocycles. The Kier molecular flexibility index (Phi) is 7.13. The summed E-state index contributed by atoms with van der Waals surface area (Å²) in [5, 5.41) is 7.20. The summed E-state index contributed by atoms with van der Waals surface area (Å²) in [6.45, 7) is -0.461. The fraction of sp³-hybridized carbons (Fsp3) is 0.350. The number of aromatic nitrogens is 3. The SMILES string of the molecule is Cc1cc2ncc(CCCNC(=O)CCc3cc(Br)ccc3OC(F)F)cn2n1. The minimum absolute atomic E-state index is 0.0905. The molecule has 0 spiro atoms. The van der Waals surface area contributed by atoms with Crippen LogP contribution in [0.4, 0.5) is 8.78 Å². The highest BCUT2D eigenvalue weighted by Gasteiger charge is 2.12. The number of ether oxygens (including phenoxy) is 1. The third kappa shape index (κ3) is 6.22. The van der Waals surface area contributed by atoms with Crippen molar-refractivity contribution < 1.29 is 18.3 Å². The molecule has 0 bridgehead atoms. The second kappa shape index (κ2) is 9.78. The van der Waals surface area contributed by atoms with Crippen LogP contribution in [-0.2, 0) is 17.6 Å². The average Bonchev–Trinajstić information content (AvgIpc) is 3.04. The minimum Gasteiger partial charge on any atom is -0.435 e. The molecular formula is C20H21BrF2N4O2. The summed E-state index contributed by atoms with van der Waals surface area (Å²) in [4.78, 5) is 16.4. The van der Waals surface area contributed by atoms with Crippen LogP contribution in [0.2, 0.25) is 0 Å². The van der Waals surface area contributed by atoms with Crippen LogP contribution in [0.1, 0.15) is 29.7 Å². The van der Waals surface area contributed by atoms with Crippen LogP contribution in [0.3, 0.4) is 0 Å². The third-order valence-corrected chi connectivity index (χ3v) is 4.81. The summed E-state index contributed by atoms with van der Waals surface area (Å²) in [7, 11) is 0. The summed E-state index contributed by atoms with van der Waals surface area (Å²) in [5.74, 6) is -0.0444. The van der Waals surface area contributed by atoms with Crippen molar-refractivity contribution in [1.29, 1.82) is 0 Å². The van der Waals surface area contributed by atoms with Crippen LogP contribution in [0, 0.1) is 6.92 Å². The first kappa shape index (κ1) is 21.2. The van der Waals surface area contributed by atoms with Crippen molar-refractivity contribution >= 4 is 27.5 Å². The number of carbonyl (C=O) groups excluding carboxylic acids is 1. The standard InChI is InChI=1S/C20H21BrF2N4O2/c1-13-9-18-25-11-14(12-27(18)26-13)3-2-8-24-19(28)7-4-15-10-16(21)5-6-17(15)29-20(22)23/h5-6,9-12,20H,2-4,7-8H2,1H3,(H,24,28). The van der Waals surface area contributed by atoms with E-state index in [0.29, 0.717) is 18.5 Å². The molecule has 0 saturated carbocycles. The number of hydrogen-bond acceptors (Lipinski definition) is 4. The van der Waals surface area contributed by atoms with E-state index in [9.17, 15) is 13.6 Å².